The summed E-state index contributed by atoms with van der Waals surface area (Å²) in [7, 11) is 0. The van der Waals surface area contributed by atoms with E-state index in [4.69, 9.17) is 21.1 Å². The molecule has 0 atom stereocenters. The lowest BCUT2D eigenvalue weighted by Crippen LogP contribution is -1.97. The number of benzene rings is 1. The average molecular weight is 231 g/mol. The van der Waals surface area contributed by atoms with Crippen LogP contribution in [0.5, 0.6) is 11.5 Å². The lowest BCUT2D eigenvalue weighted by molar-refractivity contribution is 0.297. The van der Waals surface area contributed by atoms with E-state index in [2.05, 4.69) is 12.6 Å². The van der Waals surface area contributed by atoms with Crippen molar-refractivity contribution < 1.29 is 9.47 Å². The predicted octanol–water partition coefficient (Wildman–Crippen LogP) is 2.93. The maximum absolute atomic E-state index is 6.06. The molecule has 0 spiro atoms. The van der Waals surface area contributed by atoms with Crippen molar-refractivity contribution in [3.63, 3.8) is 0 Å². The van der Waals surface area contributed by atoms with Crippen molar-refractivity contribution in [1.29, 1.82) is 0 Å². The molecule has 1 aliphatic rings. The van der Waals surface area contributed by atoms with Gasteiger partial charge in [-0.2, -0.15) is 12.6 Å². The monoisotopic (exact) mass is 230 g/mol. The minimum Gasteiger partial charge on any atom is -0.489 e. The van der Waals surface area contributed by atoms with E-state index >= 15 is 0 Å². The third kappa shape index (κ3) is 1.93. The molecule has 0 unspecified atom stereocenters. The fourth-order valence-electron chi connectivity index (χ4n) is 1.38. The number of thiol groups is 1. The lowest BCUT2D eigenvalue weighted by Gasteiger charge is -2.10. The molecular formula is C10H11ClO2S. The summed E-state index contributed by atoms with van der Waals surface area (Å²) < 4.78 is 11.0. The minimum atomic E-state index is 0.605. The Balaban J connectivity index is 2.43. The highest BCUT2D eigenvalue weighted by atomic mass is 35.5. The van der Waals surface area contributed by atoms with Crippen LogP contribution in [0.25, 0.3) is 0 Å². The van der Waals surface area contributed by atoms with Crippen molar-refractivity contribution in [2.45, 2.75) is 12.2 Å². The molecule has 1 aliphatic heterocycles. The Bertz CT molecular complexity index is 341. The molecule has 1 heterocycles. The van der Waals surface area contributed by atoms with Gasteiger partial charge in [0.15, 0.2) is 11.5 Å². The van der Waals surface area contributed by atoms with Gasteiger partial charge in [-0.1, -0.05) is 11.6 Å². The van der Waals surface area contributed by atoms with E-state index in [-0.39, 0.29) is 0 Å². The summed E-state index contributed by atoms with van der Waals surface area (Å²) in [6.07, 6.45) is 0.890. The second-order valence-corrected chi connectivity index (χ2v) is 3.84. The van der Waals surface area contributed by atoms with Gasteiger partial charge in [0.2, 0.25) is 0 Å². The van der Waals surface area contributed by atoms with Gasteiger partial charge in [-0.25, -0.2) is 0 Å². The van der Waals surface area contributed by atoms with Gasteiger partial charge in [-0.3, -0.25) is 0 Å². The molecule has 1 aromatic carbocycles. The van der Waals surface area contributed by atoms with Gasteiger partial charge in [0.1, 0.15) is 0 Å². The molecule has 2 nitrogen and oxygen atoms in total. The molecule has 14 heavy (non-hydrogen) atoms. The number of fused-ring (bicyclic) bond motifs is 1. The predicted molar refractivity (Wildman–Crippen MR) is 59.7 cm³/mol. The molecule has 4 heteroatoms. The second kappa shape index (κ2) is 4.32. The standard InChI is InChI=1S/C10H11ClO2S/c11-8-4-7(6-14)5-9-10(8)13-3-1-2-12-9/h4-5,14H,1-3,6H2. The molecular weight excluding hydrogens is 220 g/mol. The lowest BCUT2D eigenvalue weighted by atomic mass is 10.2. The molecule has 0 saturated carbocycles. The molecule has 0 saturated heterocycles. The molecule has 76 valence electrons. The first kappa shape index (κ1) is 9.99. The highest BCUT2D eigenvalue weighted by Gasteiger charge is 2.14. The largest absolute Gasteiger partial charge is 0.489 e. The Labute approximate surface area is 93.6 Å². The summed E-state index contributed by atoms with van der Waals surface area (Å²) in [6, 6.07) is 3.79. The molecule has 1 aromatic rings. The third-order valence-corrected chi connectivity index (χ3v) is 2.69. The van der Waals surface area contributed by atoms with Gasteiger partial charge < -0.3 is 9.47 Å². The first-order valence-electron chi connectivity index (χ1n) is 4.50. The maximum Gasteiger partial charge on any atom is 0.179 e. The van der Waals surface area contributed by atoms with Crippen molar-refractivity contribution in [1.82, 2.24) is 0 Å². The quantitative estimate of drug-likeness (QED) is 0.748. The number of ether oxygens (including phenoxy) is 2. The van der Waals surface area contributed by atoms with E-state index in [0.717, 1.165) is 17.7 Å². The van der Waals surface area contributed by atoms with Crippen LogP contribution in [-0.2, 0) is 5.75 Å². The van der Waals surface area contributed by atoms with Crippen molar-refractivity contribution in [3.8, 4) is 11.5 Å². The zero-order valence-corrected chi connectivity index (χ0v) is 9.28. The zero-order valence-electron chi connectivity index (χ0n) is 7.62. The van der Waals surface area contributed by atoms with Crippen molar-refractivity contribution in [3.05, 3.63) is 22.7 Å². The van der Waals surface area contributed by atoms with Gasteiger partial charge in [0.05, 0.1) is 18.2 Å². The van der Waals surface area contributed by atoms with Gasteiger partial charge in [-0.05, 0) is 17.7 Å². The SMILES string of the molecule is SCc1cc(Cl)c2c(c1)OCCCO2. The Morgan fingerprint density at radius 2 is 2.07 bits per heavy atom. The molecule has 0 N–H and O–H groups in total. The van der Waals surface area contributed by atoms with Crippen LogP contribution in [0.15, 0.2) is 12.1 Å². The summed E-state index contributed by atoms with van der Waals surface area (Å²) in [4.78, 5) is 0. The number of halogens is 1. The fourth-order valence-corrected chi connectivity index (χ4v) is 1.85. The summed E-state index contributed by atoms with van der Waals surface area (Å²) in [6.45, 7) is 1.34. The van der Waals surface area contributed by atoms with E-state index in [1.54, 1.807) is 0 Å². The Morgan fingerprint density at radius 1 is 1.29 bits per heavy atom. The second-order valence-electron chi connectivity index (χ2n) is 3.11. The summed E-state index contributed by atoms with van der Waals surface area (Å²) in [5.41, 5.74) is 1.04. The highest BCUT2D eigenvalue weighted by Crippen LogP contribution is 2.38. The van der Waals surface area contributed by atoms with Crippen LogP contribution in [0.1, 0.15) is 12.0 Å². The first-order chi connectivity index (χ1) is 6.81. The van der Waals surface area contributed by atoms with Crippen LogP contribution in [0.4, 0.5) is 0 Å². The van der Waals surface area contributed by atoms with Crippen molar-refractivity contribution >= 4 is 24.2 Å². The normalized spacial score (nSPS) is 15.0. The summed E-state index contributed by atoms with van der Waals surface area (Å²) >= 11 is 10.3. The first-order valence-corrected chi connectivity index (χ1v) is 5.51. The van der Waals surface area contributed by atoms with Gasteiger partial charge in [0, 0.05) is 12.2 Å². The van der Waals surface area contributed by atoms with Gasteiger partial charge >= 0.3 is 0 Å². The molecule has 0 radical (unpaired) electrons. The number of hydrogen-bond donors (Lipinski definition) is 1. The van der Waals surface area contributed by atoms with Gasteiger partial charge in [0.25, 0.3) is 0 Å². The Hall–Kier alpha value is -0.540. The molecule has 2 rings (SSSR count). The minimum absolute atomic E-state index is 0.605. The molecule has 0 fully saturated rings. The van der Waals surface area contributed by atoms with E-state index in [0.29, 0.717) is 29.7 Å². The molecule has 0 bridgehead atoms. The van der Waals surface area contributed by atoms with Crippen LogP contribution in [0.3, 0.4) is 0 Å². The van der Waals surface area contributed by atoms with Crippen LogP contribution in [-0.4, -0.2) is 13.2 Å². The molecule has 0 aromatic heterocycles. The van der Waals surface area contributed by atoms with Gasteiger partial charge in [-0.15, -0.1) is 0 Å². The number of hydrogen-bond acceptors (Lipinski definition) is 3. The van der Waals surface area contributed by atoms with E-state index in [1.165, 1.54) is 0 Å². The zero-order chi connectivity index (χ0) is 9.97. The fraction of sp³-hybridized carbons (Fsp3) is 0.400. The molecule has 0 amide bonds. The van der Waals surface area contributed by atoms with E-state index in [1.807, 2.05) is 12.1 Å². The van der Waals surface area contributed by atoms with Crippen LogP contribution >= 0.6 is 24.2 Å². The highest BCUT2D eigenvalue weighted by molar-refractivity contribution is 7.79. The smallest absolute Gasteiger partial charge is 0.179 e. The topological polar surface area (TPSA) is 18.5 Å². The van der Waals surface area contributed by atoms with Crippen LogP contribution in [0, 0.1) is 0 Å². The van der Waals surface area contributed by atoms with E-state index < -0.39 is 0 Å². The Morgan fingerprint density at radius 3 is 2.86 bits per heavy atom. The average Bonchev–Trinajstić information content (AvgIpc) is 2.42. The van der Waals surface area contributed by atoms with Crippen molar-refractivity contribution in [2.75, 3.05) is 13.2 Å². The third-order valence-electron chi connectivity index (χ3n) is 2.04. The van der Waals surface area contributed by atoms with E-state index in [9.17, 15) is 0 Å². The number of rotatable bonds is 1. The maximum atomic E-state index is 6.06. The van der Waals surface area contributed by atoms with Crippen LogP contribution in [0.2, 0.25) is 5.02 Å². The summed E-state index contributed by atoms with van der Waals surface area (Å²) in [5, 5.41) is 0.605. The van der Waals surface area contributed by atoms with Crippen LogP contribution < -0.4 is 9.47 Å². The summed E-state index contributed by atoms with van der Waals surface area (Å²) in [5.74, 6) is 2.05. The van der Waals surface area contributed by atoms with Crippen molar-refractivity contribution in [2.24, 2.45) is 0 Å². The molecule has 0 aliphatic carbocycles. The Kier molecular flexibility index (Phi) is 3.08.